The summed E-state index contributed by atoms with van der Waals surface area (Å²) in [5.41, 5.74) is 5.46. The molecule has 1 aromatic heterocycles. The molecule has 0 aromatic carbocycles. The topological polar surface area (TPSA) is 56.7 Å². The molecule has 0 saturated heterocycles. The fourth-order valence-electron chi connectivity index (χ4n) is 1.86. The fourth-order valence-corrected chi connectivity index (χ4v) is 1.86. The minimum atomic E-state index is 0.449. The minimum absolute atomic E-state index is 0.449. The van der Waals surface area contributed by atoms with Crippen molar-refractivity contribution >= 4 is 0 Å². The number of aromatic nitrogens is 3. The average molecular weight is 210 g/mol. The molecule has 0 bridgehead atoms. The van der Waals surface area contributed by atoms with Gasteiger partial charge in [0.05, 0.1) is 0 Å². The van der Waals surface area contributed by atoms with Gasteiger partial charge in [-0.1, -0.05) is 6.42 Å². The van der Waals surface area contributed by atoms with Crippen LogP contribution in [-0.4, -0.2) is 21.3 Å². The van der Waals surface area contributed by atoms with Gasteiger partial charge in [0, 0.05) is 12.5 Å². The van der Waals surface area contributed by atoms with E-state index in [2.05, 4.69) is 28.6 Å². The lowest BCUT2D eigenvalue weighted by Crippen LogP contribution is -2.08. The van der Waals surface area contributed by atoms with Crippen molar-refractivity contribution in [2.75, 3.05) is 6.54 Å². The highest BCUT2D eigenvalue weighted by Crippen LogP contribution is 2.13. The van der Waals surface area contributed by atoms with Crippen LogP contribution in [-0.2, 0) is 6.42 Å². The normalized spacial score (nSPS) is 11.3. The smallest absolute Gasteiger partial charge is 0.133 e. The third-order valence-electron chi connectivity index (χ3n) is 2.56. The van der Waals surface area contributed by atoms with Crippen LogP contribution in [0.5, 0.6) is 0 Å². The molecule has 0 aliphatic rings. The first-order chi connectivity index (χ1) is 7.16. The number of nitrogens with zero attached hydrogens (tertiary/aromatic N) is 3. The summed E-state index contributed by atoms with van der Waals surface area (Å²) in [5.74, 6) is 2.12. The Hall–Kier alpha value is -0.900. The van der Waals surface area contributed by atoms with Crippen LogP contribution in [0, 0.1) is 6.92 Å². The largest absolute Gasteiger partial charge is 0.330 e. The quantitative estimate of drug-likeness (QED) is 0.729. The van der Waals surface area contributed by atoms with Crippen LogP contribution >= 0.6 is 0 Å². The maximum absolute atomic E-state index is 5.46. The van der Waals surface area contributed by atoms with Gasteiger partial charge < -0.3 is 10.3 Å². The molecule has 4 nitrogen and oxygen atoms in total. The molecule has 0 spiro atoms. The Bertz CT molecular complexity index is 291. The van der Waals surface area contributed by atoms with Gasteiger partial charge in [0.25, 0.3) is 0 Å². The molecule has 0 saturated carbocycles. The maximum Gasteiger partial charge on any atom is 0.133 e. The predicted octanol–water partition coefficient (Wildman–Crippen LogP) is 1.84. The van der Waals surface area contributed by atoms with Gasteiger partial charge in [0.15, 0.2) is 0 Å². The van der Waals surface area contributed by atoms with Gasteiger partial charge in [-0.3, -0.25) is 0 Å². The minimum Gasteiger partial charge on any atom is -0.330 e. The van der Waals surface area contributed by atoms with E-state index in [-0.39, 0.29) is 0 Å². The molecule has 86 valence electrons. The van der Waals surface area contributed by atoms with E-state index in [0.717, 1.165) is 37.5 Å². The first-order valence-electron chi connectivity index (χ1n) is 5.77. The van der Waals surface area contributed by atoms with Crippen LogP contribution in [0.3, 0.4) is 0 Å². The van der Waals surface area contributed by atoms with E-state index in [1.165, 1.54) is 6.42 Å². The number of aryl methyl sites for hydroxylation is 2. The van der Waals surface area contributed by atoms with Crippen molar-refractivity contribution in [2.24, 2.45) is 5.73 Å². The fraction of sp³-hybridized carbons (Fsp3) is 0.818. The lowest BCUT2D eigenvalue weighted by molar-refractivity contribution is 0.541. The second-order valence-electron chi connectivity index (χ2n) is 4.23. The van der Waals surface area contributed by atoms with E-state index in [4.69, 9.17) is 5.73 Å². The van der Waals surface area contributed by atoms with E-state index >= 15 is 0 Å². The Kier molecular flexibility index (Phi) is 4.75. The van der Waals surface area contributed by atoms with Crippen LogP contribution in [0.15, 0.2) is 0 Å². The number of nitrogens with two attached hydrogens (primary N) is 1. The zero-order chi connectivity index (χ0) is 11.3. The van der Waals surface area contributed by atoms with E-state index in [1.807, 2.05) is 6.92 Å². The zero-order valence-electron chi connectivity index (χ0n) is 10.0. The van der Waals surface area contributed by atoms with Crippen molar-refractivity contribution in [3.05, 3.63) is 11.6 Å². The van der Waals surface area contributed by atoms with Crippen LogP contribution in [0.2, 0.25) is 0 Å². The molecule has 0 atom stereocenters. The van der Waals surface area contributed by atoms with Gasteiger partial charge in [0.1, 0.15) is 11.6 Å². The van der Waals surface area contributed by atoms with Crippen molar-refractivity contribution < 1.29 is 0 Å². The molecule has 1 heterocycles. The molecule has 4 heteroatoms. The number of rotatable bonds is 6. The first-order valence-corrected chi connectivity index (χ1v) is 5.77. The lowest BCUT2D eigenvalue weighted by Gasteiger charge is -2.11. The number of hydrogen-bond acceptors (Lipinski definition) is 3. The molecular formula is C11H22N4. The second-order valence-corrected chi connectivity index (χ2v) is 4.23. The molecule has 0 aliphatic carbocycles. The molecule has 2 N–H and O–H groups in total. The van der Waals surface area contributed by atoms with Gasteiger partial charge in [-0.05, 0) is 40.2 Å². The average Bonchev–Trinajstić information content (AvgIpc) is 2.54. The Balaban J connectivity index is 2.53. The van der Waals surface area contributed by atoms with Crippen LogP contribution in [0.4, 0.5) is 0 Å². The van der Waals surface area contributed by atoms with Gasteiger partial charge in [-0.15, -0.1) is 10.2 Å². The van der Waals surface area contributed by atoms with Gasteiger partial charge >= 0.3 is 0 Å². The molecule has 0 radical (unpaired) electrons. The molecule has 0 amide bonds. The summed E-state index contributed by atoms with van der Waals surface area (Å²) in [6.07, 6.45) is 4.45. The third kappa shape index (κ3) is 3.30. The summed E-state index contributed by atoms with van der Waals surface area (Å²) in [6, 6.07) is 0.449. The Morgan fingerprint density at radius 1 is 1.20 bits per heavy atom. The predicted molar refractivity (Wildman–Crippen MR) is 61.8 cm³/mol. The maximum atomic E-state index is 5.46. The summed E-state index contributed by atoms with van der Waals surface area (Å²) in [5, 5.41) is 8.34. The Morgan fingerprint density at radius 3 is 2.53 bits per heavy atom. The summed E-state index contributed by atoms with van der Waals surface area (Å²) >= 11 is 0. The van der Waals surface area contributed by atoms with Crippen LogP contribution in [0.1, 0.15) is 50.8 Å². The second kappa shape index (κ2) is 5.85. The number of hydrogen-bond donors (Lipinski definition) is 1. The highest BCUT2D eigenvalue weighted by Gasteiger charge is 2.10. The van der Waals surface area contributed by atoms with Gasteiger partial charge in [0.2, 0.25) is 0 Å². The Labute approximate surface area is 91.9 Å². The lowest BCUT2D eigenvalue weighted by atomic mass is 10.2. The first kappa shape index (κ1) is 12.2. The SMILES string of the molecule is Cc1nnc(CCCCCN)n1C(C)C. The van der Waals surface area contributed by atoms with E-state index in [0.29, 0.717) is 6.04 Å². The van der Waals surface area contributed by atoms with Crippen molar-refractivity contribution in [1.82, 2.24) is 14.8 Å². The van der Waals surface area contributed by atoms with E-state index in [9.17, 15) is 0 Å². The molecule has 1 aromatic rings. The summed E-state index contributed by atoms with van der Waals surface area (Å²) in [6.45, 7) is 7.13. The van der Waals surface area contributed by atoms with Gasteiger partial charge in [-0.2, -0.15) is 0 Å². The van der Waals surface area contributed by atoms with Crippen molar-refractivity contribution in [3.8, 4) is 0 Å². The molecule has 0 aliphatic heterocycles. The summed E-state index contributed by atoms with van der Waals surface area (Å²) in [7, 11) is 0. The van der Waals surface area contributed by atoms with Crippen molar-refractivity contribution in [1.29, 1.82) is 0 Å². The molecule has 0 fully saturated rings. The number of unbranched alkanes of at least 4 members (excludes halogenated alkanes) is 2. The van der Waals surface area contributed by atoms with Crippen LogP contribution in [0.25, 0.3) is 0 Å². The third-order valence-corrected chi connectivity index (χ3v) is 2.56. The Morgan fingerprint density at radius 2 is 1.93 bits per heavy atom. The van der Waals surface area contributed by atoms with Crippen LogP contribution < -0.4 is 5.73 Å². The van der Waals surface area contributed by atoms with Gasteiger partial charge in [-0.25, -0.2) is 0 Å². The molecular weight excluding hydrogens is 188 g/mol. The standard InChI is InChI=1S/C11H22N4/c1-9(2)15-10(3)13-14-11(15)7-5-4-6-8-12/h9H,4-8,12H2,1-3H3. The van der Waals surface area contributed by atoms with E-state index < -0.39 is 0 Å². The monoisotopic (exact) mass is 210 g/mol. The molecule has 15 heavy (non-hydrogen) atoms. The van der Waals surface area contributed by atoms with E-state index in [1.54, 1.807) is 0 Å². The van der Waals surface area contributed by atoms with Crippen molar-refractivity contribution in [3.63, 3.8) is 0 Å². The van der Waals surface area contributed by atoms with Crippen molar-refractivity contribution in [2.45, 2.75) is 52.5 Å². The summed E-state index contributed by atoms with van der Waals surface area (Å²) < 4.78 is 2.21. The summed E-state index contributed by atoms with van der Waals surface area (Å²) in [4.78, 5) is 0. The molecule has 1 rings (SSSR count). The highest BCUT2D eigenvalue weighted by molar-refractivity contribution is 4.96. The molecule has 0 unspecified atom stereocenters. The zero-order valence-corrected chi connectivity index (χ0v) is 10.0. The highest BCUT2D eigenvalue weighted by atomic mass is 15.3.